The van der Waals surface area contributed by atoms with Crippen molar-refractivity contribution in [3.8, 4) is 28.4 Å². The molecule has 0 aliphatic carbocycles. The molecule has 44 heavy (non-hydrogen) atoms. The number of halogens is 3. The minimum absolute atomic E-state index is 0.0375. The van der Waals surface area contributed by atoms with Crippen LogP contribution in [-0.4, -0.2) is 73.7 Å². The topological polar surface area (TPSA) is 170 Å². The molecule has 3 heterocycles. The number of cyclic esters (lactones) is 1. The Morgan fingerprint density at radius 2 is 1.64 bits per heavy atom. The number of carbonyl (C=O) groups excluding carboxylic acids is 2. The molecule has 5 atom stereocenters. The van der Waals surface area contributed by atoms with E-state index >= 15 is 0 Å². The number of ether oxygens (including phenoxy) is 6. The predicted octanol–water partition coefficient (Wildman–Crippen LogP) is 3.02. The van der Waals surface area contributed by atoms with Crippen molar-refractivity contribution in [1.29, 1.82) is 0 Å². The molecule has 1 unspecified atom stereocenters. The Bertz CT molecular complexity index is 1660. The quantitative estimate of drug-likeness (QED) is 0.224. The van der Waals surface area contributed by atoms with Gasteiger partial charge in [0, 0.05) is 16.5 Å². The van der Waals surface area contributed by atoms with Gasteiger partial charge in [0.1, 0.15) is 18.5 Å². The SMILES string of the molecule is C[C@H]1OC(Oc2c3c(c(-c4ccc5c(c4)OCO5)c4cc(CO)c(CO)cc24)C(=O)OC3)[C@H](O)[C@@H](OC(=O)C(Cl)(Cl)Cl)[C@@H]1O. The first kappa shape index (κ1) is 30.9. The number of alkyl halides is 3. The molecule has 12 nitrogen and oxygen atoms in total. The molecule has 0 aromatic heterocycles. The molecule has 3 aliphatic heterocycles. The number of esters is 2. The highest BCUT2D eigenvalue weighted by Gasteiger charge is 2.49. The van der Waals surface area contributed by atoms with Crippen LogP contribution in [0.1, 0.15) is 34.0 Å². The third-order valence-electron chi connectivity index (χ3n) is 7.72. The third kappa shape index (κ3) is 5.29. The van der Waals surface area contributed by atoms with E-state index in [2.05, 4.69) is 0 Å². The molecule has 3 aromatic rings. The van der Waals surface area contributed by atoms with Crippen LogP contribution in [0.5, 0.6) is 17.2 Å². The fourth-order valence-corrected chi connectivity index (χ4v) is 5.67. The van der Waals surface area contributed by atoms with Gasteiger partial charge in [0.2, 0.25) is 13.1 Å². The number of carbonyl (C=O) groups is 2. The number of aliphatic hydroxyl groups is 4. The number of fused-ring (bicyclic) bond motifs is 3. The van der Waals surface area contributed by atoms with Crippen molar-refractivity contribution in [3.05, 3.63) is 52.6 Å². The van der Waals surface area contributed by atoms with E-state index in [-0.39, 0.29) is 24.7 Å². The summed E-state index contributed by atoms with van der Waals surface area (Å²) in [6, 6.07) is 8.36. The van der Waals surface area contributed by atoms with Gasteiger partial charge in [-0.15, -0.1) is 0 Å². The summed E-state index contributed by atoms with van der Waals surface area (Å²) in [6.45, 7) is 0.437. The molecule has 15 heteroatoms. The van der Waals surface area contributed by atoms with Gasteiger partial charge >= 0.3 is 11.9 Å². The summed E-state index contributed by atoms with van der Waals surface area (Å²) in [4.78, 5) is 25.6. The number of rotatable bonds is 6. The second-order valence-electron chi connectivity index (χ2n) is 10.4. The smallest absolute Gasteiger partial charge is 0.359 e. The molecule has 1 fully saturated rings. The lowest BCUT2D eigenvalue weighted by molar-refractivity contribution is -0.272. The van der Waals surface area contributed by atoms with Gasteiger partial charge in [0.05, 0.1) is 24.9 Å². The van der Waals surface area contributed by atoms with E-state index in [4.69, 9.17) is 63.2 Å². The summed E-state index contributed by atoms with van der Waals surface area (Å²) in [5.41, 5.74) is 2.25. The zero-order chi connectivity index (χ0) is 31.5. The second-order valence-corrected chi connectivity index (χ2v) is 12.6. The Morgan fingerprint density at radius 3 is 2.32 bits per heavy atom. The van der Waals surface area contributed by atoms with Gasteiger partial charge in [-0.2, -0.15) is 0 Å². The van der Waals surface area contributed by atoms with E-state index in [9.17, 15) is 30.0 Å². The monoisotopic (exact) mass is 670 g/mol. The molecule has 6 rings (SSSR count). The molecular formula is C29H25Cl3O12. The molecule has 0 radical (unpaired) electrons. The van der Waals surface area contributed by atoms with E-state index in [0.29, 0.717) is 50.1 Å². The summed E-state index contributed by atoms with van der Waals surface area (Å²) in [5.74, 6) is -0.933. The van der Waals surface area contributed by atoms with Crippen LogP contribution < -0.4 is 14.2 Å². The molecule has 234 valence electrons. The first-order valence-corrected chi connectivity index (χ1v) is 14.5. The van der Waals surface area contributed by atoms with E-state index in [0.717, 1.165) is 0 Å². The van der Waals surface area contributed by atoms with Crippen molar-refractivity contribution >= 4 is 57.5 Å². The lowest BCUT2D eigenvalue weighted by Gasteiger charge is -2.41. The summed E-state index contributed by atoms with van der Waals surface area (Å²) >= 11 is 16.9. The van der Waals surface area contributed by atoms with Crippen LogP contribution in [0.25, 0.3) is 21.9 Å². The molecule has 3 aromatic carbocycles. The Morgan fingerprint density at radius 1 is 0.955 bits per heavy atom. The van der Waals surface area contributed by atoms with Crippen molar-refractivity contribution in [1.82, 2.24) is 0 Å². The van der Waals surface area contributed by atoms with Crippen molar-refractivity contribution in [2.75, 3.05) is 6.79 Å². The fourth-order valence-electron chi connectivity index (χ4n) is 5.54. The standard InChI is InChI=1S/C29H25Cl3O12/c1-11-22(35)25(44-28(38)29(30,31)32)23(36)27(42-11)43-24-16-5-14(8-34)13(7-33)4-15(16)20(21-17(24)9-39-26(21)37)12-2-3-18-19(6-12)41-10-40-18/h2-6,11,22-23,25,27,33-36H,7-10H2,1H3/t11-,22-,23-,25+,27?/m1/s1. The van der Waals surface area contributed by atoms with Gasteiger partial charge in [0.15, 0.2) is 23.7 Å². The van der Waals surface area contributed by atoms with Crippen molar-refractivity contribution < 1.29 is 58.4 Å². The Labute approximate surface area is 264 Å². The molecule has 1 saturated heterocycles. The van der Waals surface area contributed by atoms with E-state index in [1.807, 2.05) is 0 Å². The predicted molar refractivity (Wildman–Crippen MR) is 154 cm³/mol. The summed E-state index contributed by atoms with van der Waals surface area (Å²) in [6.07, 6.45) is -7.52. The van der Waals surface area contributed by atoms with E-state index in [1.54, 1.807) is 30.3 Å². The van der Waals surface area contributed by atoms with Crippen molar-refractivity contribution in [2.45, 2.75) is 61.2 Å². The molecule has 4 N–H and O–H groups in total. The largest absolute Gasteiger partial charge is 0.461 e. The minimum Gasteiger partial charge on any atom is -0.461 e. The van der Waals surface area contributed by atoms with Crippen LogP contribution in [0.4, 0.5) is 0 Å². The second kappa shape index (κ2) is 11.7. The number of hydrogen-bond acceptors (Lipinski definition) is 12. The van der Waals surface area contributed by atoms with Crippen LogP contribution in [-0.2, 0) is 38.8 Å². The lowest BCUT2D eigenvalue weighted by atomic mass is 9.87. The third-order valence-corrected chi connectivity index (χ3v) is 8.19. The highest BCUT2D eigenvalue weighted by atomic mass is 35.6. The van der Waals surface area contributed by atoms with Gasteiger partial charge in [-0.1, -0.05) is 40.9 Å². The van der Waals surface area contributed by atoms with Gasteiger partial charge in [-0.3, -0.25) is 0 Å². The minimum atomic E-state index is -2.48. The van der Waals surface area contributed by atoms with E-state index in [1.165, 1.54) is 6.92 Å². The normalized spacial score (nSPS) is 24.3. The summed E-state index contributed by atoms with van der Waals surface area (Å²) < 4.78 is 31.1. The van der Waals surface area contributed by atoms with Crippen LogP contribution in [0, 0.1) is 0 Å². The van der Waals surface area contributed by atoms with Crippen molar-refractivity contribution in [2.24, 2.45) is 0 Å². The molecule has 3 aliphatic rings. The molecule has 0 spiro atoms. The summed E-state index contributed by atoms with van der Waals surface area (Å²) in [7, 11) is 0. The lowest BCUT2D eigenvalue weighted by Crippen LogP contribution is -2.60. The maximum absolute atomic E-state index is 13.3. The van der Waals surface area contributed by atoms with Crippen LogP contribution in [0.2, 0.25) is 0 Å². The van der Waals surface area contributed by atoms with E-state index < -0.39 is 59.7 Å². The molecule has 0 amide bonds. The maximum Gasteiger partial charge on any atom is 0.359 e. The number of aliphatic hydroxyl groups excluding tert-OH is 4. The number of benzene rings is 3. The van der Waals surface area contributed by atoms with Crippen LogP contribution in [0.3, 0.4) is 0 Å². The first-order chi connectivity index (χ1) is 20.9. The van der Waals surface area contributed by atoms with Gasteiger partial charge in [0.25, 0.3) is 3.79 Å². The molecular weight excluding hydrogens is 647 g/mol. The Hall–Kier alpha value is -3.07. The zero-order valence-corrected chi connectivity index (χ0v) is 25.1. The Kier molecular flexibility index (Phi) is 8.22. The van der Waals surface area contributed by atoms with Gasteiger partial charge < -0.3 is 48.8 Å². The molecule has 0 saturated carbocycles. The van der Waals surface area contributed by atoms with Crippen LogP contribution in [0.15, 0.2) is 30.3 Å². The van der Waals surface area contributed by atoms with Gasteiger partial charge in [-0.05, 0) is 53.3 Å². The maximum atomic E-state index is 13.3. The van der Waals surface area contributed by atoms with Crippen molar-refractivity contribution in [3.63, 3.8) is 0 Å². The highest BCUT2D eigenvalue weighted by molar-refractivity contribution is 6.75. The Balaban J connectivity index is 1.52. The van der Waals surface area contributed by atoms with Crippen LogP contribution >= 0.6 is 34.8 Å². The molecule has 0 bridgehead atoms. The summed E-state index contributed by atoms with van der Waals surface area (Å²) in [5, 5.41) is 42.8. The average Bonchev–Trinajstić information content (AvgIpc) is 3.62. The zero-order valence-electron chi connectivity index (χ0n) is 22.8. The fraction of sp³-hybridized carbons (Fsp3) is 0.379. The first-order valence-electron chi connectivity index (χ1n) is 13.3. The average molecular weight is 672 g/mol. The highest BCUT2D eigenvalue weighted by Crippen LogP contribution is 2.48. The number of hydrogen-bond donors (Lipinski definition) is 4. The van der Waals surface area contributed by atoms with Gasteiger partial charge in [-0.25, -0.2) is 9.59 Å².